The van der Waals surface area contributed by atoms with E-state index >= 15 is 0 Å². The average Bonchev–Trinajstić information content (AvgIpc) is 3.28. The second kappa shape index (κ2) is 13.6. The molecule has 2 heterocycles. The van der Waals surface area contributed by atoms with Gasteiger partial charge < -0.3 is 24.1 Å². The van der Waals surface area contributed by atoms with Gasteiger partial charge in [0, 0.05) is 25.4 Å². The summed E-state index contributed by atoms with van der Waals surface area (Å²) in [5.74, 6) is -0.526. The Morgan fingerprint density at radius 3 is 2.56 bits per heavy atom. The molecule has 2 aliphatic heterocycles. The summed E-state index contributed by atoms with van der Waals surface area (Å²) >= 11 is 0. The molecule has 0 aromatic heterocycles. The van der Waals surface area contributed by atoms with Crippen LogP contribution in [0.15, 0.2) is 90.6 Å². The second-order valence-electron chi connectivity index (χ2n) is 12.1. The Morgan fingerprint density at radius 2 is 1.80 bits per heavy atom. The van der Waals surface area contributed by atoms with Gasteiger partial charge in [0.25, 0.3) is 0 Å². The molecule has 2 saturated heterocycles. The smallest absolute Gasteiger partial charge is 0.178 e. The van der Waals surface area contributed by atoms with Crippen molar-refractivity contribution < 1.29 is 24.1 Å². The SMILES string of the molecule is C=CCOCCCCc1ccc(CC2=C(C)C=CC([C@]34C[C@@H](OCc5ccccc5)C[C@](CO)(CO3)O4)C2C)cc1. The van der Waals surface area contributed by atoms with E-state index in [-0.39, 0.29) is 24.5 Å². The Balaban J connectivity index is 1.23. The lowest BCUT2D eigenvalue weighted by Gasteiger charge is -2.46. The molecular formula is C36H46O5. The number of hydrogen-bond acceptors (Lipinski definition) is 5. The van der Waals surface area contributed by atoms with Crippen molar-refractivity contribution in [1.29, 1.82) is 0 Å². The molecule has 1 aliphatic carbocycles. The molecule has 2 aromatic rings. The number of rotatable bonds is 14. The maximum atomic E-state index is 10.4. The van der Waals surface area contributed by atoms with Crippen LogP contribution in [0.25, 0.3) is 0 Å². The number of hydrogen-bond donors (Lipinski definition) is 1. The third-order valence-corrected chi connectivity index (χ3v) is 9.01. The fourth-order valence-electron chi connectivity index (χ4n) is 6.70. The molecule has 0 spiro atoms. The van der Waals surface area contributed by atoms with E-state index < -0.39 is 11.4 Å². The number of aryl methyl sites for hydroxylation is 1. The van der Waals surface area contributed by atoms with E-state index in [2.05, 4.69) is 69.0 Å². The van der Waals surface area contributed by atoms with Gasteiger partial charge in [0.05, 0.1) is 32.5 Å². The van der Waals surface area contributed by atoms with Gasteiger partial charge in [-0.15, -0.1) is 6.58 Å². The highest BCUT2D eigenvalue weighted by molar-refractivity contribution is 5.37. The number of fused-ring (bicyclic) bond motifs is 2. The normalized spacial score (nSPS) is 29.2. The van der Waals surface area contributed by atoms with Gasteiger partial charge in [0.2, 0.25) is 0 Å². The van der Waals surface area contributed by atoms with Crippen LogP contribution in [-0.2, 0) is 38.4 Å². The number of unbranched alkanes of at least 4 members (excludes halogenated alkanes) is 1. The molecule has 5 nitrogen and oxygen atoms in total. The highest BCUT2D eigenvalue weighted by Crippen LogP contribution is 2.52. The highest BCUT2D eigenvalue weighted by Gasteiger charge is 2.60. The maximum Gasteiger partial charge on any atom is 0.178 e. The van der Waals surface area contributed by atoms with Crippen molar-refractivity contribution in [2.24, 2.45) is 11.8 Å². The molecule has 0 saturated carbocycles. The van der Waals surface area contributed by atoms with Gasteiger partial charge in [0.15, 0.2) is 5.79 Å². The first-order valence-corrected chi connectivity index (χ1v) is 15.2. The van der Waals surface area contributed by atoms with Crippen molar-refractivity contribution in [1.82, 2.24) is 0 Å². The third-order valence-electron chi connectivity index (χ3n) is 9.01. The molecule has 2 unspecified atom stereocenters. The molecule has 1 N–H and O–H groups in total. The van der Waals surface area contributed by atoms with E-state index in [0.717, 1.165) is 37.9 Å². The van der Waals surface area contributed by atoms with Crippen molar-refractivity contribution in [3.8, 4) is 0 Å². The van der Waals surface area contributed by atoms with Crippen LogP contribution in [0.5, 0.6) is 0 Å². The first-order valence-electron chi connectivity index (χ1n) is 15.2. The molecule has 2 bridgehead atoms. The largest absolute Gasteiger partial charge is 0.393 e. The van der Waals surface area contributed by atoms with Gasteiger partial charge in [-0.3, -0.25) is 0 Å². The minimum absolute atomic E-state index is 0.0420. The first-order chi connectivity index (χ1) is 20.0. The fourth-order valence-corrected chi connectivity index (χ4v) is 6.70. The second-order valence-corrected chi connectivity index (χ2v) is 12.1. The Hall–Kier alpha value is -2.54. The number of aliphatic hydroxyl groups is 1. The zero-order valence-electron chi connectivity index (χ0n) is 24.7. The van der Waals surface area contributed by atoms with Crippen molar-refractivity contribution in [3.05, 3.63) is 107 Å². The minimum Gasteiger partial charge on any atom is -0.393 e. The fraction of sp³-hybridized carbons (Fsp3) is 0.500. The van der Waals surface area contributed by atoms with Crippen LogP contribution < -0.4 is 0 Å². The third kappa shape index (κ3) is 7.10. The van der Waals surface area contributed by atoms with E-state index in [1.54, 1.807) is 6.08 Å². The molecule has 2 fully saturated rings. The predicted molar refractivity (Wildman–Crippen MR) is 162 cm³/mol. The van der Waals surface area contributed by atoms with Gasteiger partial charge in [-0.25, -0.2) is 0 Å². The van der Waals surface area contributed by atoms with Crippen LogP contribution in [0.4, 0.5) is 0 Å². The molecule has 3 aliphatic rings. The summed E-state index contributed by atoms with van der Waals surface area (Å²) in [6.07, 6.45) is 11.7. The molecule has 220 valence electrons. The first kappa shape index (κ1) is 29.9. The summed E-state index contributed by atoms with van der Waals surface area (Å²) in [5, 5.41) is 10.4. The maximum absolute atomic E-state index is 10.4. The van der Waals surface area contributed by atoms with Crippen LogP contribution in [0.3, 0.4) is 0 Å². The van der Waals surface area contributed by atoms with E-state index in [4.69, 9.17) is 18.9 Å². The van der Waals surface area contributed by atoms with Crippen LogP contribution in [0, 0.1) is 11.8 Å². The number of aliphatic hydroxyl groups excluding tert-OH is 1. The van der Waals surface area contributed by atoms with Gasteiger partial charge in [0.1, 0.15) is 5.60 Å². The highest BCUT2D eigenvalue weighted by atomic mass is 16.8. The molecule has 5 atom stereocenters. The van der Waals surface area contributed by atoms with E-state index in [1.807, 2.05) is 18.2 Å². The predicted octanol–water partition coefficient (Wildman–Crippen LogP) is 6.75. The van der Waals surface area contributed by atoms with Crippen molar-refractivity contribution in [2.75, 3.05) is 26.4 Å². The molecule has 0 amide bonds. The van der Waals surface area contributed by atoms with Crippen molar-refractivity contribution >= 4 is 0 Å². The zero-order chi connectivity index (χ0) is 28.7. The topological polar surface area (TPSA) is 57.2 Å². The summed E-state index contributed by atoms with van der Waals surface area (Å²) in [4.78, 5) is 0. The van der Waals surface area contributed by atoms with Gasteiger partial charge in [-0.2, -0.15) is 0 Å². The lowest BCUT2D eigenvalue weighted by Crippen LogP contribution is -2.54. The molecule has 2 aromatic carbocycles. The lowest BCUT2D eigenvalue weighted by atomic mass is 9.72. The Kier molecular flexibility index (Phi) is 9.95. The van der Waals surface area contributed by atoms with Crippen LogP contribution in [0.2, 0.25) is 0 Å². The monoisotopic (exact) mass is 558 g/mol. The van der Waals surface area contributed by atoms with Gasteiger partial charge >= 0.3 is 0 Å². The van der Waals surface area contributed by atoms with Gasteiger partial charge in [-0.05, 0) is 55.2 Å². The van der Waals surface area contributed by atoms with Gasteiger partial charge in [-0.1, -0.05) is 90.9 Å². The Morgan fingerprint density at radius 1 is 1.02 bits per heavy atom. The zero-order valence-corrected chi connectivity index (χ0v) is 24.7. The summed E-state index contributed by atoms with van der Waals surface area (Å²) in [6, 6.07) is 19.3. The molecule has 0 radical (unpaired) electrons. The summed E-state index contributed by atoms with van der Waals surface area (Å²) < 4.78 is 25.1. The van der Waals surface area contributed by atoms with E-state index in [0.29, 0.717) is 32.7 Å². The van der Waals surface area contributed by atoms with Crippen LogP contribution in [0.1, 0.15) is 56.2 Å². The molecular weight excluding hydrogens is 512 g/mol. The summed E-state index contributed by atoms with van der Waals surface area (Å²) in [7, 11) is 0. The Labute approximate surface area is 245 Å². The summed E-state index contributed by atoms with van der Waals surface area (Å²) in [6.45, 7) is 10.5. The average molecular weight is 559 g/mol. The quantitative estimate of drug-likeness (QED) is 0.205. The Bertz CT molecular complexity index is 1200. The molecule has 5 rings (SSSR count). The number of ether oxygens (including phenoxy) is 4. The lowest BCUT2D eigenvalue weighted by molar-refractivity contribution is -0.269. The van der Waals surface area contributed by atoms with Crippen molar-refractivity contribution in [3.63, 3.8) is 0 Å². The number of benzene rings is 2. The molecule has 41 heavy (non-hydrogen) atoms. The van der Waals surface area contributed by atoms with Crippen LogP contribution in [-0.4, -0.2) is 49.0 Å². The standard InChI is InChI=1S/C36H46O5/c1-4-19-38-20-9-8-10-29-14-16-30(17-15-29)21-33-27(2)13-18-34(28(33)3)36-23-32(22-35(25-37,41-36)26-40-36)39-24-31-11-6-5-7-12-31/h4-7,11-18,28,32,34,37H,1,8-10,19-26H2,2-3H3/t28?,32-,34?,35-,36+/m0/s1. The van der Waals surface area contributed by atoms with Crippen molar-refractivity contribution in [2.45, 2.75) is 76.5 Å². The van der Waals surface area contributed by atoms with Crippen LogP contribution >= 0.6 is 0 Å². The minimum atomic E-state index is -0.802. The number of allylic oxidation sites excluding steroid dienone is 3. The van der Waals surface area contributed by atoms with E-state index in [1.165, 1.54) is 22.3 Å². The van der Waals surface area contributed by atoms with E-state index in [9.17, 15) is 5.11 Å². The molecule has 5 heteroatoms. The summed E-state index contributed by atoms with van der Waals surface area (Å²) in [5.41, 5.74) is 5.86.